The van der Waals surface area contributed by atoms with Gasteiger partial charge in [0, 0.05) is 11.8 Å². The second-order valence-electron chi connectivity index (χ2n) is 6.16. The van der Waals surface area contributed by atoms with Gasteiger partial charge in [-0.15, -0.1) is 0 Å². The Morgan fingerprint density at radius 3 is 2.48 bits per heavy atom. The number of rotatable bonds is 6. The summed E-state index contributed by atoms with van der Waals surface area (Å²) in [6.07, 6.45) is 1.24. The van der Waals surface area contributed by atoms with Gasteiger partial charge in [0.15, 0.2) is 0 Å². The van der Waals surface area contributed by atoms with Crippen molar-refractivity contribution in [3.63, 3.8) is 0 Å². The van der Waals surface area contributed by atoms with E-state index in [4.69, 9.17) is 0 Å². The first-order valence-corrected chi connectivity index (χ1v) is 8.39. The standard InChI is InChI=1S/C18H16N6O5/c1-11-5-3-4-6-16(11)22-18(25)14(12(2)21-22)10-19-20-15-8-7-13(23(26)27)9-17(15)24(28)29/h3-10,20-21H,1-2H3/b19-10+. The van der Waals surface area contributed by atoms with Crippen molar-refractivity contribution in [3.05, 3.63) is 89.9 Å². The van der Waals surface area contributed by atoms with Gasteiger partial charge in [0.2, 0.25) is 0 Å². The number of hydrogen-bond donors (Lipinski definition) is 2. The van der Waals surface area contributed by atoms with Gasteiger partial charge in [-0.2, -0.15) is 5.10 Å². The molecular weight excluding hydrogens is 380 g/mol. The maximum Gasteiger partial charge on any atom is 0.301 e. The number of non-ortho nitro benzene ring substituents is 1. The van der Waals surface area contributed by atoms with Crippen LogP contribution in [0.5, 0.6) is 0 Å². The van der Waals surface area contributed by atoms with Crippen LogP contribution in [0.15, 0.2) is 52.4 Å². The van der Waals surface area contributed by atoms with Crippen molar-refractivity contribution in [1.82, 2.24) is 9.78 Å². The zero-order chi connectivity index (χ0) is 21.1. The Labute approximate surface area is 163 Å². The minimum absolute atomic E-state index is 0.0377. The monoisotopic (exact) mass is 396 g/mol. The molecule has 0 saturated heterocycles. The van der Waals surface area contributed by atoms with Crippen molar-refractivity contribution < 1.29 is 9.85 Å². The minimum atomic E-state index is -0.752. The predicted octanol–water partition coefficient (Wildman–Crippen LogP) is 3.04. The van der Waals surface area contributed by atoms with Crippen molar-refractivity contribution in [2.24, 2.45) is 5.10 Å². The number of hydrazone groups is 1. The van der Waals surface area contributed by atoms with Gasteiger partial charge >= 0.3 is 5.69 Å². The number of H-pyrrole nitrogens is 1. The number of aromatic nitrogens is 2. The molecule has 0 aliphatic rings. The van der Waals surface area contributed by atoms with E-state index in [9.17, 15) is 25.0 Å². The fourth-order valence-electron chi connectivity index (χ4n) is 2.74. The average molecular weight is 396 g/mol. The van der Waals surface area contributed by atoms with Crippen molar-refractivity contribution >= 4 is 23.3 Å². The smallest absolute Gasteiger partial charge is 0.295 e. The van der Waals surface area contributed by atoms with E-state index in [0.29, 0.717) is 11.4 Å². The average Bonchev–Trinajstić information content (AvgIpc) is 2.96. The molecule has 0 saturated carbocycles. The highest BCUT2D eigenvalue weighted by Gasteiger charge is 2.19. The van der Waals surface area contributed by atoms with Gasteiger partial charge in [0.05, 0.1) is 33.4 Å². The number of aromatic amines is 1. The molecular formula is C18H16N6O5. The third-order valence-corrected chi connectivity index (χ3v) is 4.24. The maximum absolute atomic E-state index is 12.7. The lowest BCUT2D eigenvalue weighted by Crippen LogP contribution is -2.18. The lowest BCUT2D eigenvalue weighted by atomic mass is 10.2. The lowest BCUT2D eigenvalue weighted by molar-refractivity contribution is -0.393. The summed E-state index contributed by atoms with van der Waals surface area (Å²) < 4.78 is 1.39. The van der Waals surface area contributed by atoms with E-state index in [-0.39, 0.29) is 16.8 Å². The predicted molar refractivity (Wildman–Crippen MR) is 107 cm³/mol. The van der Waals surface area contributed by atoms with Crippen molar-refractivity contribution in [2.75, 3.05) is 5.43 Å². The van der Waals surface area contributed by atoms with Crippen LogP contribution < -0.4 is 11.0 Å². The van der Waals surface area contributed by atoms with E-state index in [2.05, 4.69) is 15.6 Å². The summed E-state index contributed by atoms with van der Waals surface area (Å²) in [5.74, 6) is 0. The summed E-state index contributed by atoms with van der Waals surface area (Å²) in [5, 5.41) is 28.8. The number of hydrogen-bond acceptors (Lipinski definition) is 7. The van der Waals surface area contributed by atoms with E-state index >= 15 is 0 Å². The summed E-state index contributed by atoms with van der Waals surface area (Å²) in [5.41, 5.74) is 3.61. The topological polar surface area (TPSA) is 148 Å². The molecule has 2 aromatic carbocycles. The third kappa shape index (κ3) is 3.88. The molecule has 1 heterocycles. The van der Waals surface area contributed by atoms with E-state index < -0.39 is 21.2 Å². The Morgan fingerprint density at radius 2 is 1.83 bits per heavy atom. The quantitative estimate of drug-likeness (QED) is 0.371. The minimum Gasteiger partial charge on any atom is -0.295 e. The van der Waals surface area contributed by atoms with Crippen molar-refractivity contribution in [1.29, 1.82) is 0 Å². The molecule has 0 spiro atoms. The number of anilines is 1. The van der Waals surface area contributed by atoms with Gasteiger partial charge in [-0.05, 0) is 31.5 Å². The summed E-state index contributed by atoms with van der Waals surface area (Å²) in [7, 11) is 0. The molecule has 11 nitrogen and oxygen atoms in total. The van der Waals surface area contributed by atoms with Gasteiger partial charge in [-0.1, -0.05) is 18.2 Å². The van der Waals surface area contributed by atoms with Crippen LogP contribution in [-0.2, 0) is 0 Å². The molecule has 0 aliphatic carbocycles. The van der Waals surface area contributed by atoms with Crippen LogP contribution >= 0.6 is 0 Å². The number of nitro benzene ring substituents is 2. The highest BCUT2D eigenvalue weighted by atomic mass is 16.6. The molecule has 0 radical (unpaired) electrons. The van der Waals surface area contributed by atoms with Crippen LogP contribution in [-0.4, -0.2) is 25.8 Å². The fraction of sp³-hybridized carbons (Fsp3) is 0.111. The molecule has 2 N–H and O–H groups in total. The first-order valence-electron chi connectivity index (χ1n) is 8.39. The van der Waals surface area contributed by atoms with Crippen LogP contribution in [0.1, 0.15) is 16.8 Å². The lowest BCUT2D eigenvalue weighted by Gasteiger charge is -2.04. The summed E-state index contributed by atoms with van der Waals surface area (Å²) in [4.78, 5) is 33.2. The number of nitrogens with one attached hydrogen (secondary N) is 2. The Kier molecular flexibility index (Phi) is 5.21. The number of nitrogens with zero attached hydrogens (tertiary/aromatic N) is 4. The van der Waals surface area contributed by atoms with E-state index in [1.165, 1.54) is 17.0 Å². The van der Waals surface area contributed by atoms with Crippen molar-refractivity contribution in [3.8, 4) is 5.69 Å². The van der Waals surface area contributed by atoms with Gasteiger partial charge in [-0.25, -0.2) is 4.68 Å². The van der Waals surface area contributed by atoms with Gasteiger partial charge in [-0.3, -0.25) is 35.5 Å². The Bertz CT molecular complexity index is 1190. The molecule has 3 aromatic rings. The molecule has 0 fully saturated rings. The van der Waals surface area contributed by atoms with Crippen LogP contribution in [0.4, 0.5) is 17.1 Å². The van der Waals surface area contributed by atoms with E-state index in [1.54, 1.807) is 13.0 Å². The van der Waals surface area contributed by atoms with E-state index in [0.717, 1.165) is 17.7 Å². The highest BCUT2D eigenvalue weighted by Crippen LogP contribution is 2.28. The first-order chi connectivity index (χ1) is 13.8. The molecule has 0 unspecified atom stereocenters. The third-order valence-electron chi connectivity index (χ3n) is 4.24. The SMILES string of the molecule is Cc1ccccc1-n1[nH]c(C)c(/C=N/Nc2ccc([N+](=O)[O-])cc2[N+](=O)[O-])c1=O. The van der Waals surface area contributed by atoms with Crippen LogP contribution in [0.3, 0.4) is 0 Å². The Balaban J connectivity index is 1.91. The Morgan fingerprint density at radius 1 is 1.10 bits per heavy atom. The number of benzene rings is 2. The summed E-state index contributed by atoms with van der Waals surface area (Å²) in [6, 6.07) is 10.5. The number of para-hydroxylation sites is 1. The zero-order valence-electron chi connectivity index (χ0n) is 15.4. The molecule has 0 atom stereocenters. The second kappa shape index (κ2) is 7.76. The second-order valence-corrected chi connectivity index (χ2v) is 6.16. The number of nitro groups is 2. The normalized spacial score (nSPS) is 11.0. The molecule has 0 bridgehead atoms. The molecule has 29 heavy (non-hydrogen) atoms. The largest absolute Gasteiger partial charge is 0.301 e. The van der Waals surface area contributed by atoms with Crippen LogP contribution in [0, 0.1) is 34.1 Å². The Hall–Kier alpha value is -4.28. The van der Waals surface area contributed by atoms with Gasteiger partial charge < -0.3 is 0 Å². The molecule has 3 rings (SSSR count). The van der Waals surface area contributed by atoms with Crippen LogP contribution in [0.25, 0.3) is 5.69 Å². The molecule has 1 aromatic heterocycles. The van der Waals surface area contributed by atoms with E-state index in [1.807, 2.05) is 25.1 Å². The molecule has 11 heteroatoms. The molecule has 148 valence electrons. The zero-order valence-corrected chi connectivity index (χ0v) is 15.4. The van der Waals surface area contributed by atoms with Gasteiger partial charge in [0.25, 0.3) is 11.2 Å². The number of aryl methyl sites for hydroxylation is 2. The summed E-state index contributed by atoms with van der Waals surface area (Å²) in [6.45, 7) is 3.58. The molecule has 0 amide bonds. The molecule has 0 aliphatic heterocycles. The highest BCUT2D eigenvalue weighted by molar-refractivity contribution is 5.81. The fourth-order valence-corrected chi connectivity index (χ4v) is 2.74. The van der Waals surface area contributed by atoms with Crippen LogP contribution in [0.2, 0.25) is 0 Å². The maximum atomic E-state index is 12.7. The summed E-state index contributed by atoms with van der Waals surface area (Å²) >= 11 is 0. The first kappa shape index (κ1) is 19.5. The van der Waals surface area contributed by atoms with Crippen molar-refractivity contribution in [2.45, 2.75) is 13.8 Å². The van der Waals surface area contributed by atoms with Gasteiger partial charge in [0.1, 0.15) is 5.69 Å².